The number of ether oxygens (including phenoxy) is 1. The van der Waals surface area contributed by atoms with E-state index < -0.39 is 0 Å². The summed E-state index contributed by atoms with van der Waals surface area (Å²) in [6.07, 6.45) is 10.6. The summed E-state index contributed by atoms with van der Waals surface area (Å²) in [6.45, 7) is 13.0. The van der Waals surface area contributed by atoms with Gasteiger partial charge in [-0.3, -0.25) is 0 Å². The molecule has 20 heavy (non-hydrogen) atoms. The second-order valence-corrected chi connectivity index (χ2v) is 5.69. The largest absolute Gasteiger partial charge is 0.397 e. The van der Waals surface area contributed by atoms with Gasteiger partial charge in [-0.05, 0) is 31.6 Å². The Bertz CT molecular complexity index is 143. The van der Waals surface area contributed by atoms with Gasteiger partial charge < -0.3 is 9.84 Å². The lowest BCUT2D eigenvalue weighted by atomic mass is 9.99. The van der Waals surface area contributed by atoms with Crippen LogP contribution in [-0.4, -0.2) is 24.9 Å². The maximum Gasteiger partial charge on any atom is 0.0494 e. The van der Waals surface area contributed by atoms with Crippen molar-refractivity contribution in [3.63, 3.8) is 0 Å². The molecular weight excluding hydrogens is 248 g/mol. The number of unbranched alkanes of at least 4 members (excludes halogenated alkanes) is 2. The van der Waals surface area contributed by atoms with E-state index >= 15 is 0 Å². The Kier molecular flexibility index (Phi) is 21.0. The zero-order chi connectivity index (χ0) is 15.6. The summed E-state index contributed by atoms with van der Waals surface area (Å²) in [5, 5.41) is 7.57. The van der Waals surface area contributed by atoms with Gasteiger partial charge in [0.2, 0.25) is 0 Å². The molecule has 0 aliphatic rings. The molecule has 0 heterocycles. The van der Waals surface area contributed by atoms with Gasteiger partial charge in [0.1, 0.15) is 0 Å². The van der Waals surface area contributed by atoms with Crippen molar-refractivity contribution in [3.8, 4) is 0 Å². The predicted molar refractivity (Wildman–Crippen MR) is 90.2 cm³/mol. The first-order chi connectivity index (χ1) is 9.69. The van der Waals surface area contributed by atoms with E-state index in [2.05, 4.69) is 27.7 Å². The minimum Gasteiger partial charge on any atom is -0.397 e. The molecule has 2 atom stereocenters. The molecule has 0 radical (unpaired) electrons. The standard InChI is InChI=1S/C16H34O.C2H6O/c1-5-9-11-15(7-3)13-17-14-16(8-4)12-10-6-2;1-2-3/h15-16H,5-14H2,1-4H3;3H,2H2,1H3. The van der Waals surface area contributed by atoms with Crippen LogP contribution in [0, 0.1) is 11.8 Å². The molecule has 0 saturated heterocycles. The zero-order valence-electron chi connectivity index (χ0n) is 14.8. The summed E-state index contributed by atoms with van der Waals surface area (Å²) < 4.78 is 5.93. The lowest BCUT2D eigenvalue weighted by Crippen LogP contribution is -2.14. The van der Waals surface area contributed by atoms with Gasteiger partial charge in [-0.1, -0.05) is 66.2 Å². The van der Waals surface area contributed by atoms with Crippen molar-refractivity contribution in [1.29, 1.82) is 0 Å². The van der Waals surface area contributed by atoms with Gasteiger partial charge in [0.05, 0.1) is 0 Å². The Hall–Kier alpha value is -0.0800. The van der Waals surface area contributed by atoms with Crippen molar-refractivity contribution < 1.29 is 9.84 Å². The van der Waals surface area contributed by atoms with Gasteiger partial charge in [0.15, 0.2) is 0 Å². The van der Waals surface area contributed by atoms with Crippen LogP contribution < -0.4 is 0 Å². The van der Waals surface area contributed by atoms with Crippen molar-refractivity contribution in [3.05, 3.63) is 0 Å². The Morgan fingerprint density at radius 3 is 1.35 bits per heavy atom. The van der Waals surface area contributed by atoms with Crippen LogP contribution in [0.4, 0.5) is 0 Å². The molecule has 124 valence electrons. The number of aliphatic hydroxyl groups excluding tert-OH is 1. The SMILES string of the molecule is CCCCC(CC)COCC(CC)CCCC.CCO. The fraction of sp³-hybridized carbons (Fsp3) is 1.00. The lowest BCUT2D eigenvalue weighted by molar-refractivity contribution is 0.0630. The Morgan fingerprint density at radius 1 is 0.750 bits per heavy atom. The molecule has 0 spiro atoms. The van der Waals surface area contributed by atoms with Crippen LogP contribution in [0.5, 0.6) is 0 Å². The van der Waals surface area contributed by atoms with Crippen LogP contribution in [-0.2, 0) is 4.74 Å². The zero-order valence-corrected chi connectivity index (χ0v) is 14.8. The van der Waals surface area contributed by atoms with E-state index in [1.165, 1.54) is 51.4 Å². The topological polar surface area (TPSA) is 29.5 Å². The Labute approximate surface area is 128 Å². The molecule has 0 aromatic carbocycles. The van der Waals surface area contributed by atoms with Gasteiger partial charge in [-0.15, -0.1) is 0 Å². The van der Waals surface area contributed by atoms with Crippen molar-refractivity contribution in [2.75, 3.05) is 19.8 Å². The fourth-order valence-corrected chi connectivity index (χ4v) is 2.20. The Morgan fingerprint density at radius 2 is 1.10 bits per heavy atom. The van der Waals surface area contributed by atoms with Gasteiger partial charge in [0.25, 0.3) is 0 Å². The van der Waals surface area contributed by atoms with Crippen LogP contribution in [0.3, 0.4) is 0 Å². The summed E-state index contributed by atoms with van der Waals surface area (Å²) in [5.74, 6) is 1.58. The molecule has 0 aliphatic heterocycles. The van der Waals surface area contributed by atoms with Crippen LogP contribution in [0.15, 0.2) is 0 Å². The van der Waals surface area contributed by atoms with Crippen LogP contribution in [0.25, 0.3) is 0 Å². The quantitative estimate of drug-likeness (QED) is 0.518. The minimum atomic E-state index is 0.250. The normalized spacial score (nSPS) is 13.5. The average Bonchev–Trinajstić information content (AvgIpc) is 2.46. The second-order valence-electron chi connectivity index (χ2n) is 5.69. The highest BCUT2D eigenvalue weighted by atomic mass is 16.5. The predicted octanol–water partition coefficient (Wildman–Crippen LogP) is 5.43. The van der Waals surface area contributed by atoms with Crippen molar-refractivity contribution in [2.24, 2.45) is 11.8 Å². The van der Waals surface area contributed by atoms with E-state index in [9.17, 15) is 0 Å². The average molecular weight is 289 g/mol. The minimum absolute atomic E-state index is 0.250. The van der Waals surface area contributed by atoms with Crippen LogP contribution in [0.2, 0.25) is 0 Å². The summed E-state index contributed by atoms with van der Waals surface area (Å²) in [4.78, 5) is 0. The van der Waals surface area contributed by atoms with E-state index in [4.69, 9.17) is 9.84 Å². The first-order valence-electron chi connectivity index (χ1n) is 8.88. The van der Waals surface area contributed by atoms with Gasteiger partial charge >= 0.3 is 0 Å². The number of rotatable bonds is 12. The molecule has 0 rings (SSSR count). The maximum atomic E-state index is 7.57. The Balaban J connectivity index is 0. The highest BCUT2D eigenvalue weighted by Crippen LogP contribution is 2.16. The first kappa shape index (κ1) is 22.2. The number of aliphatic hydroxyl groups is 1. The van der Waals surface area contributed by atoms with Gasteiger partial charge in [0, 0.05) is 19.8 Å². The molecule has 0 saturated carbocycles. The lowest BCUT2D eigenvalue weighted by Gasteiger charge is -2.18. The van der Waals surface area contributed by atoms with Gasteiger partial charge in [-0.25, -0.2) is 0 Å². The third-order valence-electron chi connectivity index (χ3n) is 3.79. The molecule has 1 N–H and O–H groups in total. The summed E-state index contributed by atoms with van der Waals surface area (Å²) in [5.41, 5.74) is 0. The molecule has 2 heteroatoms. The monoisotopic (exact) mass is 288 g/mol. The molecule has 0 aromatic rings. The summed E-state index contributed by atoms with van der Waals surface area (Å²) in [7, 11) is 0. The third kappa shape index (κ3) is 16.0. The van der Waals surface area contributed by atoms with Gasteiger partial charge in [-0.2, -0.15) is 0 Å². The van der Waals surface area contributed by atoms with E-state index in [-0.39, 0.29) is 6.61 Å². The fourth-order valence-electron chi connectivity index (χ4n) is 2.20. The van der Waals surface area contributed by atoms with Crippen LogP contribution in [0.1, 0.15) is 86.0 Å². The van der Waals surface area contributed by atoms with E-state index in [1.54, 1.807) is 6.92 Å². The van der Waals surface area contributed by atoms with Crippen molar-refractivity contribution >= 4 is 0 Å². The van der Waals surface area contributed by atoms with Crippen LogP contribution >= 0.6 is 0 Å². The highest BCUT2D eigenvalue weighted by molar-refractivity contribution is 4.59. The van der Waals surface area contributed by atoms with E-state index in [0.29, 0.717) is 0 Å². The maximum absolute atomic E-state index is 7.57. The molecule has 0 aromatic heterocycles. The molecule has 0 amide bonds. The first-order valence-corrected chi connectivity index (χ1v) is 8.88. The highest BCUT2D eigenvalue weighted by Gasteiger charge is 2.09. The van der Waals surface area contributed by atoms with E-state index in [0.717, 1.165) is 25.0 Å². The van der Waals surface area contributed by atoms with Crippen molar-refractivity contribution in [1.82, 2.24) is 0 Å². The molecule has 0 bridgehead atoms. The smallest absolute Gasteiger partial charge is 0.0494 e. The third-order valence-corrected chi connectivity index (χ3v) is 3.79. The number of hydrogen-bond donors (Lipinski definition) is 1. The van der Waals surface area contributed by atoms with Crippen molar-refractivity contribution in [2.45, 2.75) is 86.0 Å². The molecule has 2 unspecified atom stereocenters. The summed E-state index contributed by atoms with van der Waals surface area (Å²) >= 11 is 0. The molecule has 0 aliphatic carbocycles. The second kappa shape index (κ2) is 18.9. The molecule has 0 fully saturated rings. The molecule has 2 nitrogen and oxygen atoms in total. The summed E-state index contributed by atoms with van der Waals surface area (Å²) in [6, 6.07) is 0. The molecular formula is C18H40O2. The number of hydrogen-bond acceptors (Lipinski definition) is 2. The van der Waals surface area contributed by atoms with E-state index in [1.807, 2.05) is 0 Å².